The third-order valence-corrected chi connectivity index (χ3v) is 2.61. The Bertz CT molecular complexity index is 482. The third kappa shape index (κ3) is 3.32. The molecule has 3 nitrogen and oxygen atoms in total. The fourth-order valence-corrected chi connectivity index (χ4v) is 1.71. The van der Waals surface area contributed by atoms with Gasteiger partial charge in [-0.3, -0.25) is 0 Å². The average Bonchev–Trinajstić information content (AvgIpc) is 2.42. The van der Waals surface area contributed by atoms with E-state index in [9.17, 15) is 5.11 Å². The van der Waals surface area contributed by atoms with Crippen LogP contribution in [0.4, 0.5) is 0 Å². The van der Waals surface area contributed by atoms with Crippen molar-refractivity contribution in [1.82, 2.24) is 0 Å². The van der Waals surface area contributed by atoms with Gasteiger partial charge in [0, 0.05) is 6.42 Å². The number of hydrogen-bond acceptors (Lipinski definition) is 3. The second kappa shape index (κ2) is 6.19. The maximum absolute atomic E-state index is 9.50. The Morgan fingerprint density at radius 2 is 1.61 bits per heavy atom. The molecular weight excluding hydrogens is 228 g/mol. The first-order chi connectivity index (χ1) is 8.79. The molecule has 2 aromatic carbocycles. The Kier molecular flexibility index (Phi) is 4.34. The van der Waals surface area contributed by atoms with Gasteiger partial charge in [-0.25, -0.2) is 0 Å². The molecule has 0 amide bonds. The van der Waals surface area contributed by atoms with Gasteiger partial charge in [-0.05, 0) is 23.8 Å². The summed E-state index contributed by atoms with van der Waals surface area (Å²) in [6, 6.07) is 17.0. The van der Waals surface area contributed by atoms with Crippen LogP contribution in [0.5, 0.6) is 11.5 Å². The molecule has 94 valence electrons. The first-order valence-corrected chi connectivity index (χ1v) is 5.89. The smallest absolute Gasteiger partial charge is 0.130 e. The second-order valence-electron chi connectivity index (χ2n) is 4.06. The molecule has 0 aromatic heterocycles. The zero-order chi connectivity index (χ0) is 12.8. The van der Waals surface area contributed by atoms with Gasteiger partial charge in [-0.15, -0.1) is 0 Å². The summed E-state index contributed by atoms with van der Waals surface area (Å²) in [6.07, 6.45) is -0.384. The van der Waals surface area contributed by atoms with Crippen LogP contribution in [0.25, 0.3) is 0 Å². The highest BCUT2D eigenvalue weighted by molar-refractivity contribution is 5.38. The first-order valence-electron chi connectivity index (χ1n) is 5.89. The van der Waals surface area contributed by atoms with E-state index in [1.54, 1.807) is 0 Å². The van der Waals surface area contributed by atoms with E-state index in [1.165, 1.54) is 0 Å². The molecule has 18 heavy (non-hydrogen) atoms. The fraction of sp³-hybridized carbons (Fsp3) is 0.200. The maximum Gasteiger partial charge on any atom is 0.130 e. The van der Waals surface area contributed by atoms with Gasteiger partial charge in [0.05, 0.1) is 12.7 Å². The van der Waals surface area contributed by atoms with E-state index in [0.29, 0.717) is 12.2 Å². The Balaban J connectivity index is 2.17. The van der Waals surface area contributed by atoms with Gasteiger partial charge in [0.1, 0.15) is 11.5 Å². The second-order valence-corrected chi connectivity index (χ2v) is 4.06. The highest BCUT2D eigenvalue weighted by atomic mass is 16.5. The average molecular weight is 244 g/mol. The van der Waals surface area contributed by atoms with Crippen LogP contribution in [-0.2, 0) is 6.42 Å². The summed E-state index contributed by atoms with van der Waals surface area (Å²) in [5, 5.41) is 18.4. The SMILES string of the molecule is OCC(O)Cc1ccccc1Oc1ccccc1. The monoisotopic (exact) mass is 244 g/mol. The molecule has 0 heterocycles. The van der Waals surface area contributed by atoms with E-state index in [1.807, 2.05) is 54.6 Å². The molecule has 3 heteroatoms. The molecule has 0 fully saturated rings. The zero-order valence-corrected chi connectivity index (χ0v) is 9.99. The molecule has 0 aliphatic heterocycles. The van der Waals surface area contributed by atoms with Crippen LogP contribution in [0.15, 0.2) is 54.6 Å². The predicted molar refractivity (Wildman–Crippen MR) is 69.8 cm³/mol. The molecule has 0 spiro atoms. The summed E-state index contributed by atoms with van der Waals surface area (Å²) < 4.78 is 5.76. The van der Waals surface area contributed by atoms with Crippen molar-refractivity contribution in [2.75, 3.05) is 6.61 Å². The number of ether oxygens (including phenoxy) is 1. The number of aliphatic hydroxyl groups excluding tert-OH is 2. The first kappa shape index (κ1) is 12.6. The van der Waals surface area contributed by atoms with Gasteiger partial charge >= 0.3 is 0 Å². The molecule has 0 aliphatic rings. The number of para-hydroxylation sites is 2. The summed E-state index contributed by atoms with van der Waals surface area (Å²) in [6.45, 7) is -0.250. The summed E-state index contributed by atoms with van der Waals surface area (Å²) in [4.78, 5) is 0. The molecule has 0 aliphatic carbocycles. The zero-order valence-electron chi connectivity index (χ0n) is 9.99. The van der Waals surface area contributed by atoms with Crippen molar-refractivity contribution in [2.45, 2.75) is 12.5 Å². The van der Waals surface area contributed by atoms with E-state index < -0.39 is 6.10 Å². The van der Waals surface area contributed by atoms with Crippen LogP contribution in [-0.4, -0.2) is 22.9 Å². The fourth-order valence-electron chi connectivity index (χ4n) is 1.71. The standard InChI is InChI=1S/C15H16O3/c16-11-13(17)10-12-6-4-5-9-15(12)18-14-7-2-1-3-8-14/h1-9,13,16-17H,10-11H2. The summed E-state index contributed by atoms with van der Waals surface area (Å²) in [5.74, 6) is 1.46. The number of hydrogen-bond donors (Lipinski definition) is 2. The number of benzene rings is 2. The molecule has 0 bridgehead atoms. The van der Waals surface area contributed by atoms with E-state index in [4.69, 9.17) is 9.84 Å². The van der Waals surface area contributed by atoms with E-state index in [2.05, 4.69) is 0 Å². The Labute approximate surface area is 106 Å². The van der Waals surface area contributed by atoms with Crippen molar-refractivity contribution in [2.24, 2.45) is 0 Å². The molecule has 0 saturated heterocycles. The number of rotatable bonds is 5. The van der Waals surface area contributed by atoms with Crippen LogP contribution < -0.4 is 4.74 Å². The molecule has 0 radical (unpaired) electrons. The van der Waals surface area contributed by atoms with Gasteiger partial charge < -0.3 is 14.9 Å². The molecular formula is C15H16O3. The van der Waals surface area contributed by atoms with Crippen LogP contribution in [0.3, 0.4) is 0 Å². The largest absolute Gasteiger partial charge is 0.457 e. The van der Waals surface area contributed by atoms with Crippen LogP contribution >= 0.6 is 0 Å². The highest BCUT2D eigenvalue weighted by Gasteiger charge is 2.09. The molecule has 2 rings (SSSR count). The van der Waals surface area contributed by atoms with Crippen molar-refractivity contribution in [1.29, 1.82) is 0 Å². The van der Waals surface area contributed by atoms with Crippen molar-refractivity contribution in [3.05, 3.63) is 60.2 Å². The highest BCUT2D eigenvalue weighted by Crippen LogP contribution is 2.25. The van der Waals surface area contributed by atoms with Gasteiger partial charge in [-0.2, -0.15) is 0 Å². The van der Waals surface area contributed by atoms with Gasteiger partial charge in [0.15, 0.2) is 0 Å². The van der Waals surface area contributed by atoms with Gasteiger partial charge in [-0.1, -0.05) is 36.4 Å². The van der Waals surface area contributed by atoms with E-state index in [0.717, 1.165) is 11.3 Å². The lowest BCUT2D eigenvalue weighted by atomic mass is 10.1. The van der Waals surface area contributed by atoms with Crippen LogP contribution in [0.2, 0.25) is 0 Å². The molecule has 1 unspecified atom stereocenters. The summed E-state index contributed by atoms with van der Waals surface area (Å²) >= 11 is 0. The molecule has 1 atom stereocenters. The minimum absolute atomic E-state index is 0.250. The minimum atomic E-state index is -0.759. The lowest BCUT2D eigenvalue weighted by Gasteiger charge is -2.13. The minimum Gasteiger partial charge on any atom is -0.457 e. The Morgan fingerprint density at radius 3 is 2.33 bits per heavy atom. The third-order valence-electron chi connectivity index (χ3n) is 2.61. The Morgan fingerprint density at radius 1 is 0.944 bits per heavy atom. The van der Waals surface area contributed by atoms with Gasteiger partial charge in [0.25, 0.3) is 0 Å². The van der Waals surface area contributed by atoms with Crippen LogP contribution in [0.1, 0.15) is 5.56 Å². The van der Waals surface area contributed by atoms with Crippen molar-refractivity contribution < 1.29 is 14.9 Å². The quantitative estimate of drug-likeness (QED) is 0.849. The summed E-state index contributed by atoms with van der Waals surface area (Å²) in [7, 11) is 0. The predicted octanol–water partition coefficient (Wildman–Crippen LogP) is 2.37. The number of aliphatic hydroxyl groups is 2. The lowest BCUT2D eigenvalue weighted by molar-refractivity contribution is 0.0951. The molecule has 0 saturated carbocycles. The van der Waals surface area contributed by atoms with E-state index >= 15 is 0 Å². The Hall–Kier alpha value is -1.84. The summed E-state index contributed by atoms with van der Waals surface area (Å²) in [5.41, 5.74) is 0.878. The molecule has 2 aromatic rings. The topological polar surface area (TPSA) is 49.7 Å². The maximum atomic E-state index is 9.50. The van der Waals surface area contributed by atoms with Crippen molar-refractivity contribution in [3.63, 3.8) is 0 Å². The molecule has 2 N–H and O–H groups in total. The van der Waals surface area contributed by atoms with Crippen molar-refractivity contribution >= 4 is 0 Å². The normalized spacial score (nSPS) is 12.1. The van der Waals surface area contributed by atoms with Crippen molar-refractivity contribution in [3.8, 4) is 11.5 Å². The lowest BCUT2D eigenvalue weighted by Crippen LogP contribution is -2.15. The van der Waals surface area contributed by atoms with E-state index in [-0.39, 0.29) is 6.61 Å². The van der Waals surface area contributed by atoms with Crippen LogP contribution in [0, 0.1) is 0 Å². The van der Waals surface area contributed by atoms with Gasteiger partial charge in [0.2, 0.25) is 0 Å².